The minimum Gasteiger partial charge on any atom is -0.531 e. The summed E-state index contributed by atoms with van der Waals surface area (Å²) >= 11 is 0. The first kappa shape index (κ1) is 22.2. The Morgan fingerprint density at radius 2 is 2.04 bits per heavy atom. The van der Waals surface area contributed by atoms with E-state index < -0.39 is 15.7 Å². The molecule has 0 atom stereocenters. The van der Waals surface area contributed by atoms with Gasteiger partial charge in [0.2, 0.25) is 5.91 Å². The van der Waals surface area contributed by atoms with Crippen molar-refractivity contribution in [1.82, 2.24) is 0 Å². The van der Waals surface area contributed by atoms with Crippen molar-refractivity contribution in [2.24, 2.45) is 0 Å². The largest absolute Gasteiger partial charge is 0.531 e. The first-order valence-corrected chi connectivity index (χ1v) is 8.96. The number of aromatic hydroxyl groups is 1. The van der Waals surface area contributed by atoms with Crippen LogP contribution in [0.1, 0.15) is 24.2 Å². The summed E-state index contributed by atoms with van der Waals surface area (Å²) in [7, 11) is -3.36. The van der Waals surface area contributed by atoms with Crippen LogP contribution in [0, 0.1) is 6.07 Å². The van der Waals surface area contributed by atoms with Crippen LogP contribution in [0.15, 0.2) is 45.8 Å². The second-order valence-electron chi connectivity index (χ2n) is 5.20. The number of hydrogen-bond donors (Lipinski definition) is 3. The van der Waals surface area contributed by atoms with Crippen LogP contribution < -0.4 is 10.8 Å². The van der Waals surface area contributed by atoms with Crippen LogP contribution >= 0.6 is 0 Å². The average molecular weight is 454 g/mol. The van der Waals surface area contributed by atoms with Gasteiger partial charge in [-0.3, -0.25) is 4.79 Å². The fourth-order valence-electron chi connectivity index (χ4n) is 1.69. The molecular formula is C16H17N2O6SY-. The first-order valence-electron chi connectivity index (χ1n) is 7.07. The number of allylic oxidation sites excluding steroid dienone is 2. The number of carbonyl (C=O) groups excluding carboxylic acids is 1. The summed E-state index contributed by atoms with van der Waals surface area (Å²) in [6, 6.07) is 6.86. The van der Waals surface area contributed by atoms with Crippen molar-refractivity contribution in [3.05, 3.63) is 53.0 Å². The zero-order valence-electron chi connectivity index (χ0n) is 14.4. The van der Waals surface area contributed by atoms with Gasteiger partial charge in [0.05, 0.1) is 16.7 Å². The summed E-state index contributed by atoms with van der Waals surface area (Å²) in [5, 5.41) is 12.5. The van der Waals surface area contributed by atoms with Gasteiger partial charge < -0.3 is 19.7 Å². The number of sulfone groups is 1. The number of phenols is 1. The maximum absolute atomic E-state index is 11.9. The van der Waals surface area contributed by atoms with Gasteiger partial charge in [-0.15, -0.1) is 12.1 Å². The second-order valence-corrected chi connectivity index (χ2v) is 7.36. The fraction of sp³-hybridized carbons (Fsp3) is 0.188. The Morgan fingerprint density at radius 3 is 2.58 bits per heavy atom. The molecule has 1 aromatic heterocycles. The van der Waals surface area contributed by atoms with E-state index in [9.17, 15) is 18.3 Å². The van der Waals surface area contributed by atoms with Crippen molar-refractivity contribution in [2.75, 3.05) is 17.1 Å². The molecule has 0 unspecified atom stereocenters. The SMILES string of the molecule is C/C(ONc1[c-]cc(NC(=O)c2ccoc2)c(O)c1)=C(\C)S(C)(=O)=O.[Y]. The van der Waals surface area contributed by atoms with Crippen LogP contribution in [-0.4, -0.2) is 25.7 Å². The quantitative estimate of drug-likeness (QED) is 0.266. The maximum Gasteiger partial charge on any atom is 0.248 e. The van der Waals surface area contributed by atoms with Crippen molar-refractivity contribution in [3.63, 3.8) is 0 Å². The van der Waals surface area contributed by atoms with Gasteiger partial charge in [0.1, 0.15) is 12.0 Å². The van der Waals surface area contributed by atoms with E-state index in [1.54, 1.807) is 0 Å². The zero-order valence-corrected chi connectivity index (χ0v) is 18.0. The predicted octanol–water partition coefficient (Wildman–Crippen LogP) is 2.67. The van der Waals surface area contributed by atoms with Gasteiger partial charge in [-0.05, 0) is 31.3 Å². The zero-order chi connectivity index (χ0) is 18.6. The van der Waals surface area contributed by atoms with Gasteiger partial charge in [0, 0.05) is 44.7 Å². The number of phenolic OH excluding ortho intramolecular Hbond substituents is 1. The van der Waals surface area contributed by atoms with Gasteiger partial charge in [0.25, 0.3) is 0 Å². The van der Waals surface area contributed by atoms with Crippen molar-refractivity contribution < 1.29 is 60.3 Å². The molecule has 1 heterocycles. The van der Waals surface area contributed by atoms with Crippen LogP contribution in [-0.2, 0) is 47.4 Å². The van der Waals surface area contributed by atoms with Gasteiger partial charge >= 0.3 is 0 Å². The Kier molecular flexibility index (Phi) is 7.86. The summed E-state index contributed by atoms with van der Waals surface area (Å²) in [5.41, 5.74) is 3.19. The third kappa shape index (κ3) is 5.86. The third-order valence-corrected chi connectivity index (χ3v) is 4.73. The topological polar surface area (TPSA) is 118 Å². The number of hydrogen-bond acceptors (Lipinski definition) is 7. The molecule has 8 nitrogen and oxygen atoms in total. The van der Waals surface area contributed by atoms with Crippen molar-refractivity contribution in [3.8, 4) is 5.75 Å². The molecular weight excluding hydrogens is 437 g/mol. The van der Waals surface area contributed by atoms with Crippen LogP contribution in [0.3, 0.4) is 0 Å². The van der Waals surface area contributed by atoms with E-state index in [2.05, 4.69) is 16.9 Å². The normalized spacial score (nSPS) is 11.8. The van der Waals surface area contributed by atoms with Crippen LogP contribution in [0.4, 0.5) is 11.4 Å². The molecule has 1 radical (unpaired) electrons. The van der Waals surface area contributed by atoms with Crippen LogP contribution in [0.5, 0.6) is 5.75 Å². The summed E-state index contributed by atoms with van der Waals surface area (Å²) in [6.07, 6.45) is 3.71. The number of rotatable bonds is 6. The third-order valence-electron chi connectivity index (χ3n) is 3.33. The van der Waals surface area contributed by atoms with E-state index in [1.807, 2.05) is 0 Å². The summed E-state index contributed by atoms with van der Waals surface area (Å²) in [4.78, 5) is 17.1. The van der Waals surface area contributed by atoms with E-state index in [1.165, 1.54) is 44.6 Å². The first-order chi connectivity index (χ1) is 11.7. The predicted molar refractivity (Wildman–Crippen MR) is 91.5 cm³/mol. The number of carbonyl (C=O) groups is 1. The molecule has 26 heavy (non-hydrogen) atoms. The molecule has 0 aliphatic carbocycles. The molecule has 0 aliphatic rings. The fourth-order valence-corrected chi connectivity index (χ4v) is 2.26. The van der Waals surface area contributed by atoms with E-state index in [-0.39, 0.29) is 60.5 Å². The molecule has 2 rings (SSSR count). The average Bonchev–Trinajstić information content (AvgIpc) is 3.07. The Bertz CT molecular complexity index is 907. The minimum absolute atomic E-state index is 0. The standard InChI is InChI=1S/C16H17N2O6S.Y/c1-10(11(2)25(3,21)22)24-18-13-4-5-14(15(19)8-13)17-16(20)12-6-7-23-9-12;/h5-9,18-19H,1-3H3,(H,17,20);/q-1;/b11-10-;. The molecule has 0 saturated carbocycles. The Labute approximate surface area is 176 Å². The second kappa shape index (κ2) is 9.20. The molecule has 10 heteroatoms. The monoisotopic (exact) mass is 454 g/mol. The van der Waals surface area contributed by atoms with Gasteiger partial charge in [-0.2, -0.15) is 6.07 Å². The van der Waals surface area contributed by atoms with Crippen LogP contribution in [0.2, 0.25) is 0 Å². The Morgan fingerprint density at radius 1 is 1.35 bits per heavy atom. The smallest absolute Gasteiger partial charge is 0.248 e. The number of furan rings is 1. The molecule has 0 aliphatic heterocycles. The van der Waals surface area contributed by atoms with E-state index in [4.69, 9.17) is 9.25 Å². The minimum atomic E-state index is -3.36. The van der Waals surface area contributed by atoms with E-state index in [0.29, 0.717) is 5.56 Å². The Hall–Kier alpha value is -1.84. The summed E-state index contributed by atoms with van der Waals surface area (Å²) < 4.78 is 27.7. The Balaban J connectivity index is 0.00000338. The number of amides is 1. The van der Waals surface area contributed by atoms with E-state index in [0.717, 1.165) is 6.26 Å². The van der Waals surface area contributed by atoms with Crippen LogP contribution in [0.25, 0.3) is 0 Å². The molecule has 3 N–H and O–H groups in total. The summed E-state index contributed by atoms with van der Waals surface area (Å²) in [6.45, 7) is 2.91. The molecule has 0 saturated heterocycles. The molecule has 2 aromatic rings. The van der Waals surface area contributed by atoms with Gasteiger partial charge in [0.15, 0.2) is 9.84 Å². The molecule has 1 aromatic carbocycles. The van der Waals surface area contributed by atoms with Crippen molar-refractivity contribution in [1.29, 1.82) is 0 Å². The number of nitrogens with one attached hydrogen (secondary N) is 2. The molecule has 0 fully saturated rings. The number of benzene rings is 1. The molecule has 0 spiro atoms. The molecule has 137 valence electrons. The maximum atomic E-state index is 11.9. The van der Waals surface area contributed by atoms with Crippen molar-refractivity contribution >= 4 is 27.1 Å². The van der Waals surface area contributed by atoms with Crippen molar-refractivity contribution in [2.45, 2.75) is 13.8 Å². The molecule has 0 bridgehead atoms. The summed E-state index contributed by atoms with van der Waals surface area (Å²) in [5.74, 6) is -0.507. The van der Waals surface area contributed by atoms with Gasteiger partial charge in [-0.25, -0.2) is 13.9 Å². The van der Waals surface area contributed by atoms with E-state index >= 15 is 0 Å². The van der Waals surface area contributed by atoms with Gasteiger partial charge in [-0.1, -0.05) is 0 Å². The molecule has 1 amide bonds. The number of anilines is 2.